The van der Waals surface area contributed by atoms with Crippen LogP contribution >= 0.6 is 11.6 Å². The fourth-order valence-corrected chi connectivity index (χ4v) is 4.37. The van der Waals surface area contributed by atoms with Crippen LogP contribution in [-0.4, -0.2) is 54.0 Å². The molecule has 2 aliphatic heterocycles. The molecule has 2 aliphatic rings. The molecular formula is C24H25ClN2O4. The Bertz CT molecular complexity index is 1020. The highest BCUT2D eigenvalue weighted by Crippen LogP contribution is 2.35. The van der Waals surface area contributed by atoms with Gasteiger partial charge >= 0.3 is 0 Å². The summed E-state index contributed by atoms with van der Waals surface area (Å²) in [5.74, 6) is 0.0143. The number of para-hydroxylation sites is 1. The number of ether oxygens (including phenoxy) is 2. The molecule has 1 fully saturated rings. The summed E-state index contributed by atoms with van der Waals surface area (Å²) in [5.41, 5.74) is 2.27. The highest BCUT2D eigenvalue weighted by molar-refractivity contribution is 6.36. The van der Waals surface area contributed by atoms with Gasteiger partial charge in [-0.15, -0.1) is 0 Å². The van der Waals surface area contributed by atoms with E-state index in [1.54, 1.807) is 31.4 Å². The van der Waals surface area contributed by atoms with Gasteiger partial charge in [0, 0.05) is 23.7 Å². The van der Waals surface area contributed by atoms with Gasteiger partial charge in [0.1, 0.15) is 11.4 Å². The van der Waals surface area contributed by atoms with E-state index < -0.39 is 0 Å². The molecule has 2 aromatic carbocycles. The molecule has 0 N–H and O–H groups in total. The number of nitrogens with zero attached hydrogens (tertiary/aromatic N) is 2. The van der Waals surface area contributed by atoms with Crippen LogP contribution in [-0.2, 0) is 20.9 Å². The summed E-state index contributed by atoms with van der Waals surface area (Å²) in [7, 11) is 1.58. The van der Waals surface area contributed by atoms with Crippen molar-refractivity contribution in [3.63, 3.8) is 0 Å². The highest BCUT2D eigenvalue weighted by Gasteiger charge is 2.43. The zero-order valence-electron chi connectivity index (χ0n) is 17.8. The summed E-state index contributed by atoms with van der Waals surface area (Å²) < 4.78 is 11.3. The lowest BCUT2D eigenvalue weighted by atomic mass is 10.0. The number of carbonyl (C=O) groups is 2. The second kappa shape index (κ2) is 8.73. The van der Waals surface area contributed by atoms with Crippen molar-refractivity contribution in [1.29, 1.82) is 0 Å². The van der Waals surface area contributed by atoms with Crippen molar-refractivity contribution in [2.45, 2.75) is 32.6 Å². The summed E-state index contributed by atoms with van der Waals surface area (Å²) >= 11 is 6.06. The van der Waals surface area contributed by atoms with Crippen LogP contribution in [0.25, 0.3) is 5.57 Å². The van der Waals surface area contributed by atoms with E-state index in [4.69, 9.17) is 21.1 Å². The monoisotopic (exact) mass is 440 g/mol. The third-order valence-electron chi connectivity index (χ3n) is 5.53. The normalized spacial score (nSPS) is 21.8. The van der Waals surface area contributed by atoms with E-state index in [0.29, 0.717) is 40.7 Å². The first-order chi connectivity index (χ1) is 14.9. The van der Waals surface area contributed by atoms with Gasteiger partial charge in [-0.3, -0.25) is 14.5 Å². The van der Waals surface area contributed by atoms with E-state index in [1.807, 2.05) is 43.0 Å². The Kier molecular flexibility index (Phi) is 6.03. The van der Waals surface area contributed by atoms with Crippen LogP contribution in [0, 0.1) is 0 Å². The fraction of sp³-hybridized carbons (Fsp3) is 0.333. The van der Waals surface area contributed by atoms with Crippen molar-refractivity contribution in [1.82, 2.24) is 9.80 Å². The van der Waals surface area contributed by atoms with Gasteiger partial charge < -0.3 is 14.4 Å². The third-order valence-corrected chi connectivity index (χ3v) is 5.79. The molecule has 0 spiro atoms. The molecule has 4 rings (SSSR count). The molecule has 6 nitrogen and oxygen atoms in total. The number of imide groups is 1. The average molecular weight is 441 g/mol. The van der Waals surface area contributed by atoms with Crippen molar-refractivity contribution in [2.24, 2.45) is 0 Å². The Hall–Kier alpha value is -2.83. The van der Waals surface area contributed by atoms with Crippen LogP contribution in [0.4, 0.5) is 0 Å². The van der Waals surface area contributed by atoms with Gasteiger partial charge in [-0.1, -0.05) is 41.9 Å². The molecule has 0 saturated carbocycles. The number of halogens is 1. The fourth-order valence-electron chi connectivity index (χ4n) is 4.24. The van der Waals surface area contributed by atoms with Gasteiger partial charge in [0.25, 0.3) is 11.8 Å². The third kappa shape index (κ3) is 4.18. The first-order valence-electron chi connectivity index (χ1n) is 10.3. The van der Waals surface area contributed by atoms with Gasteiger partial charge in [0.05, 0.1) is 31.4 Å². The van der Waals surface area contributed by atoms with Gasteiger partial charge in [-0.2, -0.15) is 0 Å². The lowest BCUT2D eigenvalue weighted by Crippen LogP contribution is -2.46. The minimum atomic E-state index is -0.319. The average Bonchev–Trinajstić information content (AvgIpc) is 2.99. The number of morpholine rings is 1. The first-order valence-corrected chi connectivity index (χ1v) is 10.7. The van der Waals surface area contributed by atoms with Crippen LogP contribution < -0.4 is 4.74 Å². The lowest BCUT2D eigenvalue weighted by molar-refractivity contribution is -0.139. The number of benzene rings is 2. The molecule has 0 aromatic heterocycles. The van der Waals surface area contributed by atoms with Crippen LogP contribution in [0.5, 0.6) is 5.75 Å². The Morgan fingerprint density at radius 3 is 2.29 bits per heavy atom. The summed E-state index contributed by atoms with van der Waals surface area (Å²) in [6, 6.07) is 14.4. The highest BCUT2D eigenvalue weighted by atomic mass is 35.5. The predicted octanol–water partition coefficient (Wildman–Crippen LogP) is 3.74. The van der Waals surface area contributed by atoms with Crippen molar-refractivity contribution in [3.8, 4) is 5.75 Å². The SMILES string of the molecule is COc1ccccc1CN1C(=O)C(c2ccc(Cl)cc2)=C(N2CC(C)OC(C)C2)C1=O. The Labute approximate surface area is 187 Å². The van der Waals surface area contributed by atoms with Crippen LogP contribution in [0.15, 0.2) is 54.2 Å². The number of carbonyl (C=O) groups excluding carboxylic acids is 2. The smallest absolute Gasteiger partial charge is 0.278 e. The van der Waals surface area contributed by atoms with Crippen LogP contribution in [0.1, 0.15) is 25.0 Å². The van der Waals surface area contributed by atoms with Gasteiger partial charge in [0.15, 0.2) is 0 Å². The molecule has 7 heteroatoms. The lowest BCUT2D eigenvalue weighted by Gasteiger charge is -2.37. The minimum absolute atomic E-state index is 0.0473. The molecule has 0 bridgehead atoms. The molecule has 0 radical (unpaired) electrons. The number of rotatable bonds is 5. The molecule has 2 heterocycles. The van der Waals surface area contributed by atoms with E-state index in [-0.39, 0.29) is 30.6 Å². The maximum Gasteiger partial charge on any atom is 0.278 e. The minimum Gasteiger partial charge on any atom is -0.496 e. The molecule has 2 aromatic rings. The van der Waals surface area contributed by atoms with Gasteiger partial charge in [-0.05, 0) is 37.6 Å². The predicted molar refractivity (Wildman–Crippen MR) is 119 cm³/mol. The standard InChI is InChI=1S/C24H25ClN2O4/c1-15-12-26(13-16(2)31-15)22-21(17-8-10-19(25)11-9-17)23(28)27(24(22)29)14-18-6-4-5-7-20(18)30-3/h4-11,15-16H,12-14H2,1-3H3. The summed E-state index contributed by atoms with van der Waals surface area (Å²) in [6.45, 7) is 5.16. The Morgan fingerprint density at radius 1 is 1.00 bits per heavy atom. The molecule has 2 unspecified atom stereocenters. The molecule has 1 saturated heterocycles. The molecule has 162 valence electrons. The van der Waals surface area contributed by atoms with Gasteiger partial charge in [-0.25, -0.2) is 0 Å². The van der Waals surface area contributed by atoms with E-state index in [1.165, 1.54) is 4.90 Å². The quantitative estimate of drug-likeness (QED) is 0.663. The van der Waals surface area contributed by atoms with E-state index in [0.717, 1.165) is 5.56 Å². The maximum atomic E-state index is 13.6. The topological polar surface area (TPSA) is 59.1 Å². The summed E-state index contributed by atoms with van der Waals surface area (Å²) in [5, 5.41) is 0.571. The Morgan fingerprint density at radius 2 is 1.65 bits per heavy atom. The van der Waals surface area contributed by atoms with Crippen LogP contribution in [0.2, 0.25) is 5.02 Å². The second-order valence-corrected chi connectivity index (χ2v) is 8.34. The molecule has 2 atom stereocenters. The number of hydrogen-bond donors (Lipinski definition) is 0. The molecule has 0 aliphatic carbocycles. The van der Waals surface area contributed by atoms with Crippen molar-refractivity contribution in [3.05, 3.63) is 70.4 Å². The number of hydrogen-bond acceptors (Lipinski definition) is 5. The van der Waals surface area contributed by atoms with E-state index in [9.17, 15) is 9.59 Å². The summed E-state index contributed by atoms with van der Waals surface area (Å²) in [6.07, 6.45) is -0.0947. The summed E-state index contributed by atoms with van der Waals surface area (Å²) in [4.78, 5) is 30.4. The van der Waals surface area contributed by atoms with Crippen LogP contribution in [0.3, 0.4) is 0 Å². The van der Waals surface area contributed by atoms with Gasteiger partial charge in [0.2, 0.25) is 0 Å². The van der Waals surface area contributed by atoms with Crippen molar-refractivity contribution >= 4 is 29.0 Å². The van der Waals surface area contributed by atoms with E-state index >= 15 is 0 Å². The number of amides is 2. The van der Waals surface area contributed by atoms with Crippen molar-refractivity contribution < 1.29 is 19.1 Å². The zero-order valence-corrected chi connectivity index (χ0v) is 18.6. The first kappa shape index (κ1) is 21.4. The number of methoxy groups -OCH3 is 1. The zero-order chi connectivity index (χ0) is 22.1. The van der Waals surface area contributed by atoms with E-state index in [2.05, 4.69) is 0 Å². The van der Waals surface area contributed by atoms with Crippen molar-refractivity contribution in [2.75, 3.05) is 20.2 Å². The molecule has 31 heavy (non-hydrogen) atoms. The Balaban J connectivity index is 1.76. The largest absolute Gasteiger partial charge is 0.496 e. The molecule has 2 amide bonds. The maximum absolute atomic E-state index is 13.6. The molecular weight excluding hydrogens is 416 g/mol. The second-order valence-electron chi connectivity index (χ2n) is 7.90.